The van der Waals surface area contributed by atoms with Gasteiger partial charge in [0.1, 0.15) is 10.9 Å². The van der Waals surface area contributed by atoms with Crippen LogP contribution < -0.4 is 0 Å². The zero-order chi connectivity index (χ0) is 17.3. The van der Waals surface area contributed by atoms with Crippen molar-refractivity contribution in [2.45, 2.75) is 36.4 Å². The minimum absolute atomic E-state index is 0.0923. The molecule has 0 unspecified atom stereocenters. The van der Waals surface area contributed by atoms with Gasteiger partial charge in [-0.25, -0.2) is 9.97 Å². The molecule has 0 aliphatic heterocycles. The zero-order valence-corrected chi connectivity index (χ0v) is 15.6. The lowest BCUT2D eigenvalue weighted by Gasteiger charge is -2.16. The van der Waals surface area contributed by atoms with Crippen LogP contribution >= 0.6 is 23.4 Å². The van der Waals surface area contributed by atoms with Gasteiger partial charge in [0, 0.05) is 29.2 Å². The fourth-order valence-electron chi connectivity index (χ4n) is 2.11. The highest BCUT2D eigenvalue weighted by atomic mass is 35.5. The lowest BCUT2D eigenvalue weighted by atomic mass is 9.96. The standard InChI is InChI=1S/C17H18ClN5S/c1-17(2,3)15-19-10-9-13(20-15)24-16-22-21-14(23(16)4)11-5-7-12(18)8-6-11/h5-10H,1-4H3. The molecule has 5 nitrogen and oxygen atoms in total. The molecule has 0 N–H and O–H groups in total. The summed E-state index contributed by atoms with van der Waals surface area (Å²) in [5.74, 6) is 1.60. The first kappa shape index (κ1) is 16.9. The van der Waals surface area contributed by atoms with E-state index in [-0.39, 0.29) is 5.41 Å². The van der Waals surface area contributed by atoms with Crippen molar-refractivity contribution in [1.82, 2.24) is 24.7 Å². The van der Waals surface area contributed by atoms with Crippen molar-refractivity contribution in [3.8, 4) is 11.4 Å². The van der Waals surface area contributed by atoms with Gasteiger partial charge in [-0.2, -0.15) is 0 Å². The van der Waals surface area contributed by atoms with E-state index in [1.165, 1.54) is 11.8 Å². The van der Waals surface area contributed by atoms with Crippen LogP contribution in [0.5, 0.6) is 0 Å². The Morgan fingerprint density at radius 2 is 1.75 bits per heavy atom. The van der Waals surface area contributed by atoms with Crippen LogP contribution in [0.25, 0.3) is 11.4 Å². The van der Waals surface area contributed by atoms with Crippen molar-refractivity contribution >= 4 is 23.4 Å². The smallest absolute Gasteiger partial charge is 0.197 e. The second-order valence-corrected chi connectivity index (χ2v) is 7.87. The van der Waals surface area contributed by atoms with Gasteiger partial charge in [-0.1, -0.05) is 32.4 Å². The van der Waals surface area contributed by atoms with Gasteiger partial charge >= 0.3 is 0 Å². The molecule has 0 radical (unpaired) electrons. The molecule has 0 saturated heterocycles. The van der Waals surface area contributed by atoms with E-state index in [0.29, 0.717) is 5.02 Å². The Morgan fingerprint density at radius 1 is 1.04 bits per heavy atom. The molecule has 0 atom stereocenters. The lowest BCUT2D eigenvalue weighted by molar-refractivity contribution is 0.538. The van der Waals surface area contributed by atoms with Crippen LogP contribution in [-0.2, 0) is 12.5 Å². The SMILES string of the molecule is Cn1c(Sc2ccnc(C(C)(C)C)n2)nnc1-c1ccc(Cl)cc1. The quantitative estimate of drug-likeness (QED) is 0.650. The largest absolute Gasteiger partial charge is 0.305 e. The maximum Gasteiger partial charge on any atom is 0.197 e. The highest BCUT2D eigenvalue weighted by Crippen LogP contribution is 2.29. The zero-order valence-electron chi connectivity index (χ0n) is 14.0. The number of rotatable bonds is 3. The third-order valence-corrected chi connectivity index (χ3v) is 4.66. The normalized spacial score (nSPS) is 11.7. The summed E-state index contributed by atoms with van der Waals surface area (Å²) in [6, 6.07) is 9.44. The van der Waals surface area contributed by atoms with Crippen LogP contribution in [0.3, 0.4) is 0 Å². The highest BCUT2D eigenvalue weighted by molar-refractivity contribution is 7.99. The predicted octanol–water partition coefficient (Wildman–Crippen LogP) is 4.37. The summed E-state index contributed by atoms with van der Waals surface area (Å²) < 4.78 is 1.95. The van der Waals surface area contributed by atoms with Crippen molar-refractivity contribution in [3.05, 3.63) is 47.4 Å². The molecule has 7 heteroatoms. The molecule has 1 aromatic carbocycles. The van der Waals surface area contributed by atoms with E-state index in [1.807, 2.05) is 41.9 Å². The first-order valence-corrected chi connectivity index (χ1v) is 8.71. The number of benzene rings is 1. The van der Waals surface area contributed by atoms with Crippen molar-refractivity contribution in [2.75, 3.05) is 0 Å². The van der Waals surface area contributed by atoms with E-state index < -0.39 is 0 Å². The number of hydrogen-bond donors (Lipinski definition) is 0. The van der Waals surface area contributed by atoms with Gasteiger partial charge in [-0.05, 0) is 42.1 Å². The van der Waals surface area contributed by atoms with Gasteiger partial charge in [0.25, 0.3) is 0 Å². The van der Waals surface area contributed by atoms with E-state index in [2.05, 4.69) is 40.9 Å². The van der Waals surface area contributed by atoms with Gasteiger partial charge in [0.15, 0.2) is 11.0 Å². The van der Waals surface area contributed by atoms with Crippen LogP contribution in [-0.4, -0.2) is 24.7 Å². The molecule has 3 rings (SSSR count). The van der Waals surface area contributed by atoms with Crippen LogP contribution in [0.4, 0.5) is 0 Å². The molecular formula is C17H18ClN5S. The molecule has 3 aromatic rings. The molecule has 124 valence electrons. The fourth-order valence-corrected chi connectivity index (χ4v) is 2.99. The summed E-state index contributed by atoms with van der Waals surface area (Å²) >= 11 is 7.42. The summed E-state index contributed by atoms with van der Waals surface area (Å²) in [5, 5.41) is 10.9. The molecule has 0 amide bonds. The van der Waals surface area contributed by atoms with E-state index >= 15 is 0 Å². The number of hydrogen-bond acceptors (Lipinski definition) is 5. The van der Waals surface area contributed by atoms with E-state index in [0.717, 1.165) is 27.4 Å². The van der Waals surface area contributed by atoms with Gasteiger partial charge in [0.05, 0.1) is 0 Å². The van der Waals surface area contributed by atoms with Gasteiger partial charge in [-0.3, -0.25) is 0 Å². The summed E-state index contributed by atoms with van der Waals surface area (Å²) in [5.41, 5.74) is 0.879. The van der Waals surface area contributed by atoms with Crippen LogP contribution in [0.1, 0.15) is 26.6 Å². The Labute approximate surface area is 150 Å². The molecule has 2 aromatic heterocycles. The number of aromatic nitrogens is 5. The Bertz CT molecular complexity index is 852. The molecule has 24 heavy (non-hydrogen) atoms. The molecule has 0 bridgehead atoms. The molecule has 0 saturated carbocycles. The third-order valence-electron chi connectivity index (χ3n) is 3.43. The van der Waals surface area contributed by atoms with Crippen molar-refractivity contribution in [1.29, 1.82) is 0 Å². The maximum atomic E-state index is 5.94. The van der Waals surface area contributed by atoms with Crippen molar-refractivity contribution in [3.63, 3.8) is 0 Å². The summed E-state index contributed by atoms with van der Waals surface area (Å²) in [6.07, 6.45) is 1.78. The molecule has 0 spiro atoms. The molecule has 0 aliphatic rings. The Morgan fingerprint density at radius 3 is 2.42 bits per heavy atom. The van der Waals surface area contributed by atoms with E-state index in [1.54, 1.807) is 6.20 Å². The highest BCUT2D eigenvalue weighted by Gasteiger charge is 2.18. The predicted molar refractivity (Wildman–Crippen MR) is 96.3 cm³/mol. The second-order valence-electron chi connectivity index (χ2n) is 6.44. The monoisotopic (exact) mass is 359 g/mol. The van der Waals surface area contributed by atoms with Gasteiger partial charge < -0.3 is 4.57 Å². The maximum absolute atomic E-state index is 5.94. The summed E-state index contributed by atoms with van der Waals surface area (Å²) in [4.78, 5) is 8.98. The van der Waals surface area contributed by atoms with Crippen LogP contribution in [0.2, 0.25) is 5.02 Å². The molecule has 0 fully saturated rings. The van der Waals surface area contributed by atoms with Crippen LogP contribution in [0, 0.1) is 0 Å². The van der Waals surface area contributed by atoms with Gasteiger partial charge in [-0.15, -0.1) is 10.2 Å². The minimum Gasteiger partial charge on any atom is -0.305 e. The molecule has 2 heterocycles. The van der Waals surface area contributed by atoms with E-state index in [9.17, 15) is 0 Å². The average molecular weight is 360 g/mol. The summed E-state index contributed by atoms with van der Waals surface area (Å²) in [6.45, 7) is 6.28. The second kappa shape index (κ2) is 6.53. The average Bonchev–Trinajstić information content (AvgIpc) is 2.89. The van der Waals surface area contributed by atoms with E-state index in [4.69, 9.17) is 11.6 Å². The summed E-state index contributed by atoms with van der Waals surface area (Å²) in [7, 11) is 1.94. The first-order chi connectivity index (χ1) is 11.3. The van der Waals surface area contributed by atoms with Gasteiger partial charge in [0.2, 0.25) is 0 Å². The van der Waals surface area contributed by atoms with Crippen molar-refractivity contribution < 1.29 is 0 Å². The van der Waals surface area contributed by atoms with Crippen LogP contribution in [0.15, 0.2) is 46.7 Å². The van der Waals surface area contributed by atoms with Crippen molar-refractivity contribution in [2.24, 2.45) is 7.05 Å². The first-order valence-electron chi connectivity index (χ1n) is 7.51. The molecular weight excluding hydrogens is 342 g/mol. The fraction of sp³-hybridized carbons (Fsp3) is 0.294. The Kier molecular flexibility index (Phi) is 4.60. The topological polar surface area (TPSA) is 56.5 Å². The number of halogens is 1. The number of nitrogens with zero attached hydrogens (tertiary/aromatic N) is 5. The molecule has 0 aliphatic carbocycles. The Balaban J connectivity index is 1.88. The lowest BCUT2D eigenvalue weighted by Crippen LogP contribution is -2.15. The minimum atomic E-state index is -0.0923. The third kappa shape index (κ3) is 3.60. The Hall–Kier alpha value is -1.92.